The highest BCUT2D eigenvalue weighted by Gasteiger charge is 2.37. The molecule has 2 aliphatic heterocycles. The van der Waals surface area contributed by atoms with Crippen molar-refractivity contribution in [2.75, 3.05) is 13.1 Å². The molecule has 0 unspecified atom stereocenters. The molecule has 2 saturated heterocycles. The van der Waals surface area contributed by atoms with Crippen molar-refractivity contribution in [1.29, 1.82) is 0 Å². The van der Waals surface area contributed by atoms with E-state index in [2.05, 4.69) is 10.1 Å². The lowest BCUT2D eigenvalue weighted by Gasteiger charge is -2.36. The van der Waals surface area contributed by atoms with E-state index in [0.717, 1.165) is 63.9 Å². The minimum absolute atomic E-state index is 0.0345. The number of hydrogen-bond donors (Lipinski definition) is 0. The summed E-state index contributed by atoms with van der Waals surface area (Å²) >= 11 is 0. The van der Waals surface area contributed by atoms with Crippen LogP contribution in [0.15, 0.2) is 4.52 Å². The first-order valence-electron chi connectivity index (χ1n) is 9.53. The van der Waals surface area contributed by atoms with Crippen molar-refractivity contribution >= 4 is 11.8 Å². The summed E-state index contributed by atoms with van der Waals surface area (Å²) in [6.07, 6.45) is 7.53. The Morgan fingerprint density at radius 2 is 1.88 bits per heavy atom. The molecule has 136 valence electrons. The fourth-order valence-electron chi connectivity index (χ4n) is 4.16. The predicted molar refractivity (Wildman–Crippen MR) is 89.6 cm³/mol. The van der Waals surface area contributed by atoms with E-state index < -0.39 is 0 Å². The molecule has 1 aromatic rings. The zero-order valence-electron chi connectivity index (χ0n) is 14.8. The monoisotopic (exact) mass is 346 g/mol. The summed E-state index contributed by atoms with van der Waals surface area (Å²) in [4.78, 5) is 33.1. The number of amides is 2. The molecule has 1 aromatic heterocycles. The zero-order chi connectivity index (χ0) is 17.4. The van der Waals surface area contributed by atoms with Crippen LogP contribution < -0.4 is 0 Å². The number of nitrogens with zero attached hydrogens (tertiary/aromatic N) is 4. The van der Waals surface area contributed by atoms with Gasteiger partial charge in [-0.15, -0.1) is 0 Å². The second-order valence-corrected chi connectivity index (χ2v) is 7.58. The third kappa shape index (κ3) is 3.41. The molecule has 0 N–H and O–H groups in total. The maximum Gasteiger partial charge on any atom is 0.229 e. The average Bonchev–Trinajstić information content (AvgIpc) is 3.13. The summed E-state index contributed by atoms with van der Waals surface area (Å²) in [5.74, 6) is 1.99. The summed E-state index contributed by atoms with van der Waals surface area (Å²) < 4.78 is 5.38. The molecule has 0 aromatic carbocycles. The quantitative estimate of drug-likeness (QED) is 0.836. The Kier molecular flexibility index (Phi) is 4.48. The number of rotatable bonds is 4. The molecule has 25 heavy (non-hydrogen) atoms. The smallest absolute Gasteiger partial charge is 0.229 e. The molecule has 7 heteroatoms. The minimum Gasteiger partial charge on any atom is -0.339 e. The van der Waals surface area contributed by atoms with Crippen LogP contribution >= 0.6 is 0 Å². The van der Waals surface area contributed by atoms with E-state index >= 15 is 0 Å². The summed E-state index contributed by atoms with van der Waals surface area (Å²) in [5, 5.41) is 4.14. The number of carbonyl (C=O) groups is 2. The van der Waals surface area contributed by atoms with E-state index in [4.69, 9.17) is 4.52 Å². The first kappa shape index (κ1) is 16.5. The second kappa shape index (κ2) is 6.77. The number of aromatic nitrogens is 2. The van der Waals surface area contributed by atoms with Crippen LogP contribution in [0.1, 0.15) is 82.0 Å². The van der Waals surface area contributed by atoms with Gasteiger partial charge in [0.1, 0.15) is 0 Å². The Labute approximate surface area is 147 Å². The highest BCUT2D eigenvalue weighted by Crippen LogP contribution is 2.40. The molecular formula is C18H26N4O3. The summed E-state index contributed by atoms with van der Waals surface area (Å²) in [6, 6.07) is -0.0367. The Bertz CT molecular complexity index is 655. The van der Waals surface area contributed by atoms with Gasteiger partial charge in [0.15, 0.2) is 5.82 Å². The first-order valence-corrected chi connectivity index (χ1v) is 9.53. The van der Waals surface area contributed by atoms with Gasteiger partial charge in [-0.1, -0.05) is 5.16 Å². The van der Waals surface area contributed by atoms with Gasteiger partial charge in [0.05, 0.1) is 6.04 Å². The Morgan fingerprint density at radius 1 is 1.08 bits per heavy atom. The molecule has 0 radical (unpaired) electrons. The summed E-state index contributed by atoms with van der Waals surface area (Å²) in [5.41, 5.74) is 0. The van der Waals surface area contributed by atoms with Crippen molar-refractivity contribution in [1.82, 2.24) is 19.9 Å². The van der Waals surface area contributed by atoms with Gasteiger partial charge in [0.2, 0.25) is 17.7 Å². The van der Waals surface area contributed by atoms with Crippen LogP contribution in [0.25, 0.3) is 0 Å². The van der Waals surface area contributed by atoms with Gasteiger partial charge in [-0.05, 0) is 44.9 Å². The lowest BCUT2D eigenvalue weighted by Crippen LogP contribution is -2.45. The average molecular weight is 346 g/mol. The van der Waals surface area contributed by atoms with Gasteiger partial charge in [-0.25, -0.2) is 0 Å². The van der Waals surface area contributed by atoms with E-state index in [-0.39, 0.29) is 23.9 Å². The number of hydrogen-bond acceptors (Lipinski definition) is 5. The molecule has 3 aliphatic rings. The number of carbonyl (C=O) groups excluding carboxylic acids is 2. The molecule has 2 atom stereocenters. The Hall–Kier alpha value is -1.92. The minimum atomic E-state index is -0.0712. The zero-order valence-corrected chi connectivity index (χ0v) is 14.8. The van der Waals surface area contributed by atoms with E-state index in [1.54, 1.807) is 6.92 Å². The number of piperidine rings is 1. The molecule has 1 aliphatic carbocycles. The molecular weight excluding hydrogens is 320 g/mol. The maximum absolute atomic E-state index is 12.9. The summed E-state index contributed by atoms with van der Waals surface area (Å²) in [7, 11) is 0. The maximum atomic E-state index is 12.9. The fourth-order valence-corrected chi connectivity index (χ4v) is 4.16. The van der Waals surface area contributed by atoms with Crippen LogP contribution in [-0.4, -0.2) is 50.9 Å². The molecule has 4 rings (SSSR count). The second-order valence-electron chi connectivity index (χ2n) is 7.58. The van der Waals surface area contributed by atoms with Crippen LogP contribution in [0.4, 0.5) is 0 Å². The van der Waals surface area contributed by atoms with Crippen molar-refractivity contribution in [3.05, 3.63) is 11.7 Å². The lowest BCUT2D eigenvalue weighted by atomic mass is 9.98. The van der Waals surface area contributed by atoms with Gasteiger partial charge >= 0.3 is 0 Å². The topological polar surface area (TPSA) is 79.5 Å². The molecule has 1 saturated carbocycles. The largest absolute Gasteiger partial charge is 0.339 e. The van der Waals surface area contributed by atoms with E-state index in [0.29, 0.717) is 18.2 Å². The third-order valence-electron chi connectivity index (χ3n) is 5.70. The van der Waals surface area contributed by atoms with Crippen LogP contribution in [-0.2, 0) is 9.59 Å². The third-order valence-corrected chi connectivity index (χ3v) is 5.70. The molecule has 3 fully saturated rings. The standard InChI is InChI=1S/C18H26N4O3/c1-12(23)21-9-3-2-5-14(21)11-16(24)22-10-4-6-15(22)17-19-18(25-20-17)13-7-8-13/h13-15H,2-11H2,1H3/t14-,15+/m1/s1. The number of likely N-dealkylation sites (tertiary alicyclic amines) is 2. The van der Waals surface area contributed by atoms with Gasteiger partial charge in [0.25, 0.3) is 0 Å². The predicted octanol–water partition coefficient (Wildman–Crippen LogP) is 2.40. The van der Waals surface area contributed by atoms with Crippen molar-refractivity contribution in [2.24, 2.45) is 0 Å². The van der Waals surface area contributed by atoms with Crippen molar-refractivity contribution in [2.45, 2.75) is 76.3 Å². The van der Waals surface area contributed by atoms with E-state index in [1.165, 1.54) is 0 Å². The Balaban J connectivity index is 1.43. The van der Waals surface area contributed by atoms with Crippen molar-refractivity contribution in [3.63, 3.8) is 0 Å². The molecule has 3 heterocycles. The first-order chi connectivity index (χ1) is 12.1. The molecule has 0 bridgehead atoms. The van der Waals surface area contributed by atoms with Crippen LogP contribution in [0.3, 0.4) is 0 Å². The SMILES string of the molecule is CC(=O)N1CCCC[C@@H]1CC(=O)N1CCC[C@H]1c1noc(C2CC2)n1. The molecule has 2 amide bonds. The van der Waals surface area contributed by atoms with Gasteiger partial charge in [-0.3, -0.25) is 9.59 Å². The highest BCUT2D eigenvalue weighted by molar-refractivity contribution is 5.79. The summed E-state index contributed by atoms with van der Waals surface area (Å²) in [6.45, 7) is 3.11. The van der Waals surface area contributed by atoms with Gasteiger partial charge < -0.3 is 14.3 Å². The fraction of sp³-hybridized carbons (Fsp3) is 0.778. The highest BCUT2D eigenvalue weighted by atomic mass is 16.5. The van der Waals surface area contributed by atoms with Crippen LogP contribution in [0, 0.1) is 0 Å². The van der Waals surface area contributed by atoms with Crippen LogP contribution in [0.5, 0.6) is 0 Å². The van der Waals surface area contributed by atoms with Crippen LogP contribution in [0.2, 0.25) is 0 Å². The van der Waals surface area contributed by atoms with E-state index in [1.807, 2.05) is 9.80 Å². The van der Waals surface area contributed by atoms with Crippen molar-refractivity contribution in [3.8, 4) is 0 Å². The normalized spacial score (nSPS) is 26.9. The van der Waals surface area contributed by atoms with E-state index in [9.17, 15) is 9.59 Å². The molecule has 7 nitrogen and oxygen atoms in total. The lowest BCUT2D eigenvalue weighted by molar-refractivity contribution is -0.137. The van der Waals surface area contributed by atoms with Gasteiger partial charge in [-0.2, -0.15) is 4.98 Å². The van der Waals surface area contributed by atoms with Crippen molar-refractivity contribution < 1.29 is 14.1 Å². The molecule has 0 spiro atoms. The Morgan fingerprint density at radius 3 is 2.64 bits per heavy atom. The van der Waals surface area contributed by atoms with Gasteiger partial charge in [0, 0.05) is 38.4 Å².